The molecule has 3 aromatic heterocycles. The number of fused-ring (bicyclic) bond motifs is 6. The Kier molecular flexibility index (Phi) is 35.1. The molecule has 29 nitrogen and oxygen atoms in total. The number of carbonyl (C=O) groups is 4. The summed E-state index contributed by atoms with van der Waals surface area (Å²) >= 11 is 4.65. The molecular formula is C98H101ClI3N9O20. The van der Waals surface area contributed by atoms with Crippen LogP contribution in [0, 0.1) is 0 Å². The number of carbonyl (C=O) groups excluding carboxylic acids is 4. The maximum Gasteiger partial charge on any atom is 0.351 e. The minimum Gasteiger partial charge on any atom is -0.497 e. The fourth-order valence-electron chi connectivity index (χ4n) is 16.4. The number of nitrogens with one attached hydrogen (secondary N) is 2. The number of hydrogen-bond acceptors (Lipinski definition) is 24. The molecule has 6 heterocycles. The Morgan fingerprint density at radius 3 is 1.13 bits per heavy atom. The zero-order valence-electron chi connectivity index (χ0n) is 70.8. The number of hydrogen-bond donors (Lipinski definition) is 8. The zero-order valence-corrected chi connectivity index (χ0v) is 78.1. The Hall–Kier alpha value is -11.0. The molecular weight excluding hydrogens is 2040 g/mol. The number of nitrogens with zero attached hydrogens (tertiary/aromatic N) is 6. The Labute approximate surface area is 788 Å². The van der Waals surface area contributed by atoms with E-state index in [1.165, 1.54) is 83.9 Å². The molecule has 2 amide bonds. The average molecular weight is 2140 g/mol. The number of benzene rings is 9. The van der Waals surface area contributed by atoms with Gasteiger partial charge < -0.3 is 79.8 Å². The van der Waals surface area contributed by atoms with Crippen LogP contribution in [0.15, 0.2) is 276 Å². The molecule has 3 saturated heterocycles. The predicted molar refractivity (Wildman–Crippen MR) is 523 cm³/mol. The molecule has 9 atom stereocenters. The SMILES string of the molecule is C.CI(I)I.COc1ccc(C(OC[C@H]2O[C@@H](n3ccc(NC(=O)c4ccc(CCC(=O)OCC5c6ccccc6-c6ccccc65)cc4)nc3=O)CC2O)(c2ccccc2)c2ccc(OC)cc2)cc1.Cl.Nc1ccn([C@H]2CC(O)[C@@H](CO)O2)c(=O)n1.O=C(CCc1ccc(C(=O)Nc2ccn([C@H]3CC(O)[C@@H](CO)O3)c(=O)n2)cc1)OCC1c2ccccc2-c2ccccc21. The largest absolute Gasteiger partial charge is 0.497 e. The van der Waals surface area contributed by atoms with Gasteiger partial charge in [-0.3, -0.25) is 32.9 Å². The van der Waals surface area contributed by atoms with Gasteiger partial charge in [0.2, 0.25) is 0 Å². The van der Waals surface area contributed by atoms with Crippen LogP contribution in [-0.2, 0) is 56.5 Å². The number of nitrogens with two attached hydrogens (primary N) is 1. The van der Waals surface area contributed by atoms with Gasteiger partial charge in [0.25, 0.3) is 11.8 Å². The van der Waals surface area contributed by atoms with Gasteiger partial charge in [0.1, 0.15) is 84.8 Å². The minimum absolute atomic E-state index is 0. The monoisotopic (exact) mass is 2140 g/mol. The summed E-state index contributed by atoms with van der Waals surface area (Å²) in [6.07, 6.45) is -0.865. The molecule has 33 heteroatoms. The van der Waals surface area contributed by atoms with Crippen molar-refractivity contribution in [1.29, 1.82) is 0 Å². The van der Waals surface area contributed by atoms with Crippen LogP contribution in [-0.4, -0.2) is 167 Å². The molecule has 5 aliphatic rings. The number of aliphatic hydroxyl groups excluding tert-OH is 5. The summed E-state index contributed by atoms with van der Waals surface area (Å²) in [4.78, 5) is 103. The van der Waals surface area contributed by atoms with Crippen molar-refractivity contribution in [3.8, 4) is 33.8 Å². The molecule has 9 aromatic carbocycles. The molecule has 0 saturated carbocycles. The molecule has 9 N–H and O–H groups in total. The van der Waals surface area contributed by atoms with Gasteiger partial charge in [0.05, 0.1) is 52.4 Å². The van der Waals surface area contributed by atoms with Crippen molar-refractivity contribution in [2.75, 3.05) is 68.6 Å². The number of halogens is 4. The number of amides is 2. The van der Waals surface area contributed by atoms with Crippen LogP contribution in [0.4, 0.5) is 17.5 Å². The topological polar surface area (TPSA) is 398 Å². The van der Waals surface area contributed by atoms with E-state index in [9.17, 15) is 54.0 Å². The van der Waals surface area contributed by atoms with Gasteiger partial charge in [-0.05, 0) is 152 Å². The number of anilines is 3. The molecule has 2 aliphatic carbocycles. The summed E-state index contributed by atoms with van der Waals surface area (Å²) in [5.74, 6) is 0.179. The average Bonchev–Trinajstić information content (AvgIpc) is 1.63. The van der Waals surface area contributed by atoms with Crippen LogP contribution in [0.25, 0.3) is 22.3 Å². The van der Waals surface area contributed by atoms with Gasteiger partial charge in [-0.1, -0.05) is 183 Å². The molecule has 3 aliphatic heterocycles. The zero-order chi connectivity index (χ0) is 90.8. The third kappa shape index (κ3) is 24.1. The maximum atomic E-state index is 13.4. The van der Waals surface area contributed by atoms with E-state index in [1.807, 2.05) is 127 Å². The van der Waals surface area contributed by atoms with Crippen LogP contribution in [0.1, 0.15) is 141 Å². The first-order valence-electron chi connectivity index (χ1n) is 41.6. The Balaban J connectivity index is 0.000000203. The number of ether oxygens (including phenoxy) is 8. The summed E-state index contributed by atoms with van der Waals surface area (Å²) in [5.41, 5.74) is 16.7. The molecule has 0 spiro atoms. The normalized spacial score (nSPS) is 18.5. The summed E-state index contributed by atoms with van der Waals surface area (Å²) in [6, 6.07) is 76.1. The molecule has 131 heavy (non-hydrogen) atoms. The molecule has 3 fully saturated rings. The van der Waals surface area contributed by atoms with Crippen molar-refractivity contribution in [2.24, 2.45) is 0 Å². The van der Waals surface area contributed by atoms with E-state index < -0.39 is 89.8 Å². The van der Waals surface area contributed by atoms with E-state index in [2.05, 4.69) is 116 Å². The maximum absolute atomic E-state index is 13.4. The minimum atomic E-state index is -1.13. The van der Waals surface area contributed by atoms with E-state index in [-0.39, 0.29) is 138 Å². The van der Waals surface area contributed by atoms with Crippen molar-refractivity contribution in [3.05, 3.63) is 354 Å². The van der Waals surface area contributed by atoms with Crippen molar-refractivity contribution >= 4 is 103 Å². The van der Waals surface area contributed by atoms with Gasteiger partial charge >= 0.3 is 83.0 Å². The molecule has 0 radical (unpaired) electrons. The summed E-state index contributed by atoms with van der Waals surface area (Å²) in [7, 11) is 3.22. The molecule has 12 aromatic rings. The van der Waals surface area contributed by atoms with Crippen molar-refractivity contribution in [3.63, 3.8) is 0 Å². The standard InChI is InChI=1S/C54H49N3O9.C33H31N3O7.C9H13N3O4.CH3I3.CH4.ClH/c1-62-40-25-21-38(22-26-40)54(37-10-4-3-5-11-37,39-23-27-41(63-2)28-24-39)65-34-48-47(58)32-50(66-48)57-31-30-49(56-53(57)61)55-52(60)36-19-16-35(17-20-36)18-29-51(59)64-33-46-44-14-8-6-12-42(44)43-13-7-9-15-45(43)46;37-18-28-27(38)17-30(43-28)36-16-15-29(35-33(36)41)34-32(40)21-12-9-20(10-13-21)11-14-31(39)42-19-26-24-7-3-1-5-22(24)23-6-2-4-8-25(23)26;10-7-1-2-12(9(15)11-7)8-3-5(14)6(4-13)16-8;1-4(2)3;;/h3-17,19-28,30-31,46-48,50,58H,18,29,32-34H2,1-2H3,(H,55,56,60,61);1-10,12-13,15-16,26-28,30,37-38H,11,14,17-19H2,(H,34,35,40,41);1-2,5-6,8,13-14H,3-4H2,(H2,10,11,15);1H3;1H4;1H/t47?,48-,50-;27?,28-,30-;5?,6-,8-;;;/m111.../s1. The number of nitrogen functional groups attached to an aromatic ring is 1. The summed E-state index contributed by atoms with van der Waals surface area (Å²) < 4.78 is 50.2. The van der Waals surface area contributed by atoms with Gasteiger partial charge in [0, 0.05) is 73.7 Å². The van der Waals surface area contributed by atoms with Crippen molar-refractivity contribution in [1.82, 2.24) is 28.7 Å². The number of aliphatic hydroxyl groups is 5. The third-order valence-corrected chi connectivity index (χ3v) is 23.0. The van der Waals surface area contributed by atoms with Gasteiger partial charge in [-0.25, -0.2) is 14.4 Å². The summed E-state index contributed by atoms with van der Waals surface area (Å²) in [5, 5.41) is 54.2. The third-order valence-electron chi connectivity index (χ3n) is 23.0. The smallest absolute Gasteiger partial charge is 0.351 e. The second-order valence-corrected chi connectivity index (χ2v) is 59.8. The van der Waals surface area contributed by atoms with E-state index >= 15 is 0 Å². The number of aryl methyl sites for hydroxylation is 2. The first kappa shape index (κ1) is 99.0. The summed E-state index contributed by atoms with van der Waals surface area (Å²) in [6.45, 7) is -0.126. The van der Waals surface area contributed by atoms with Crippen LogP contribution in [0.5, 0.6) is 11.5 Å². The molecule has 686 valence electrons. The van der Waals surface area contributed by atoms with Gasteiger partial charge in [-0.2, -0.15) is 15.0 Å². The van der Waals surface area contributed by atoms with E-state index in [0.717, 1.165) is 38.9 Å². The molecule has 0 bridgehead atoms. The first-order valence-corrected chi connectivity index (χ1v) is 56.4. The second-order valence-electron chi connectivity index (χ2n) is 31.0. The number of methoxy groups -OCH3 is 2. The number of alkyl halides is 1. The molecule has 17 rings (SSSR count). The number of rotatable bonds is 27. The van der Waals surface area contributed by atoms with Gasteiger partial charge in [-0.15, -0.1) is 12.4 Å². The van der Waals surface area contributed by atoms with Crippen LogP contribution in [0.2, 0.25) is 0 Å². The molecule has 3 unspecified atom stereocenters. The Morgan fingerprint density at radius 1 is 0.458 bits per heavy atom. The fourth-order valence-corrected chi connectivity index (χ4v) is 16.4. The second kappa shape index (κ2) is 46.4. The van der Waals surface area contributed by atoms with E-state index in [0.29, 0.717) is 35.5 Å². The van der Waals surface area contributed by atoms with E-state index in [4.69, 9.17) is 48.7 Å². The van der Waals surface area contributed by atoms with Crippen LogP contribution >= 0.6 is 61.5 Å². The van der Waals surface area contributed by atoms with Crippen molar-refractivity contribution in [2.45, 2.75) is 125 Å². The predicted octanol–water partition coefficient (Wildman–Crippen LogP) is 14.2. The first-order chi connectivity index (χ1) is 62.5. The fraction of sp³-hybridized carbons (Fsp3) is 0.286. The van der Waals surface area contributed by atoms with Crippen molar-refractivity contribution < 1.29 is 82.6 Å². The van der Waals surface area contributed by atoms with Crippen LogP contribution in [0.3, 0.4) is 0 Å². The quantitative estimate of drug-likeness (QED) is 0.0103. The van der Waals surface area contributed by atoms with E-state index in [1.54, 1.807) is 62.8 Å². The Bertz CT molecular complexity index is 5940. The van der Waals surface area contributed by atoms with Gasteiger partial charge in [0.15, 0.2) is 0 Å². The number of esters is 2. The van der Waals surface area contributed by atoms with Crippen LogP contribution < -0.4 is 42.9 Å². The number of aromatic nitrogens is 6. The Morgan fingerprint density at radius 2 is 0.786 bits per heavy atom.